The molecule has 52 heavy (non-hydrogen) atoms. The molecule has 10 heteroatoms. The Labute approximate surface area is 312 Å². The van der Waals surface area contributed by atoms with E-state index in [9.17, 15) is 29.4 Å². The lowest BCUT2D eigenvalue weighted by Gasteiger charge is -2.34. The molecule has 1 aromatic carbocycles. The van der Waals surface area contributed by atoms with Crippen LogP contribution in [-0.2, 0) is 25.6 Å². The zero-order valence-corrected chi connectivity index (χ0v) is 31.6. The molecule has 0 spiro atoms. The molecule has 2 aliphatic heterocycles. The topological polar surface area (TPSA) is 156 Å². The van der Waals surface area contributed by atoms with Crippen molar-refractivity contribution in [3.05, 3.63) is 60.2 Å². The zero-order valence-electron chi connectivity index (χ0n) is 31.6. The van der Waals surface area contributed by atoms with E-state index in [4.69, 9.17) is 10.2 Å². The number of aliphatic hydroxyl groups is 2. The average molecular weight is 727 g/mol. The summed E-state index contributed by atoms with van der Waals surface area (Å²) >= 11 is 0. The fourth-order valence-corrected chi connectivity index (χ4v) is 6.84. The van der Waals surface area contributed by atoms with Crippen molar-refractivity contribution in [1.29, 1.82) is 0 Å². The summed E-state index contributed by atoms with van der Waals surface area (Å²) in [6.07, 6.45) is 23.6. The number of aliphatic hydroxyl groups excluding tert-OH is 2. The summed E-state index contributed by atoms with van der Waals surface area (Å²) in [7, 11) is 0. The molecule has 2 fully saturated rings. The molecular weight excluding hydrogens is 660 g/mol. The van der Waals surface area contributed by atoms with Gasteiger partial charge >= 0.3 is 11.9 Å². The van der Waals surface area contributed by atoms with Crippen molar-refractivity contribution in [3.8, 4) is 0 Å². The number of carboxylic acids is 2. The minimum Gasteiger partial charge on any atom is -0.481 e. The standard InChI is InChI=1S/C22H31NO4.C20H35NO4/c24-20(17-18-9-4-3-5-10-18)15-14-19-11-8-12-21(25)23(19)16-7-2-1-6-13-22(26)27;1-2-3-6-11-18(22)15-14-17-10-9-12-19(23)21(17)16-8-5-4-7-13-20(24)25/h3-5,9-10,14-15,19-20,24H,1-2,6-8,11-13,16-17H2,(H,26,27);14-15,17-18,22H,2-13,16H2,1H3,(H,24,25)/t19-,20?;17-,18?/m11/s1. The second kappa shape index (κ2) is 27.2. The Kier molecular flexibility index (Phi) is 23.3. The summed E-state index contributed by atoms with van der Waals surface area (Å²) in [5.41, 5.74) is 1.09. The molecule has 0 saturated carbocycles. The summed E-state index contributed by atoms with van der Waals surface area (Å²) < 4.78 is 0. The lowest BCUT2D eigenvalue weighted by Crippen LogP contribution is -2.43. The third-order valence-electron chi connectivity index (χ3n) is 9.80. The zero-order chi connectivity index (χ0) is 38.0. The van der Waals surface area contributed by atoms with Crippen LogP contribution in [0.15, 0.2) is 54.6 Å². The summed E-state index contributed by atoms with van der Waals surface area (Å²) in [4.78, 5) is 49.4. The molecule has 3 rings (SSSR count). The number of piperidine rings is 2. The average Bonchev–Trinajstić information content (AvgIpc) is 3.11. The van der Waals surface area contributed by atoms with Gasteiger partial charge in [-0.25, -0.2) is 0 Å². The maximum atomic E-state index is 12.3. The molecule has 0 radical (unpaired) electrons. The van der Waals surface area contributed by atoms with Gasteiger partial charge in [-0.15, -0.1) is 0 Å². The van der Waals surface area contributed by atoms with Gasteiger partial charge in [0, 0.05) is 45.2 Å². The SMILES string of the molecule is CCCCCC(O)C=C[C@H]1CCCC(=O)N1CCCCCCC(=O)O.O=C(O)CCCCCCN1C(=O)CCC[C@@H]1C=CC(O)Cc1ccccc1. The Hall–Kier alpha value is -3.50. The van der Waals surface area contributed by atoms with E-state index in [1.165, 1.54) is 0 Å². The van der Waals surface area contributed by atoms with Gasteiger partial charge in [-0.2, -0.15) is 0 Å². The lowest BCUT2D eigenvalue weighted by atomic mass is 9.99. The van der Waals surface area contributed by atoms with Crippen molar-refractivity contribution in [2.24, 2.45) is 0 Å². The highest BCUT2D eigenvalue weighted by Gasteiger charge is 2.27. The van der Waals surface area contributed by atoms with Crippen molar-refractivity contribution < 1.29 is 39.6 Å². The number of rotatable bonds is 24. The first-order chi connectivity index (χ1) is 25.1. The fourth-order valence-electron chi connectivity index (χ4n) is 6.84. The number of unbranched alkanes of at least 4 members (excludes halogenated alkanes) is 8. The summed E-state index contributed by atoms with van der Waals surface area (Å²) in [5.74, 6) is -1.11. The number of likely N-dealkylation sites (tertiary alicyclic amines) is 2. The first-order valence-electron chi connectivity index (χ1n) is 19.9. The molecule has 2 heterocycles. The van der Waals surface area contributed by atoms with Crippen LogP contribution in [0.1, 0.15) is 141 Å². The maximum absolute atomic E-state index is 12.3. The highest BCUT2D eigenvalue weighted by Crippen LogP contribution is 2.22. The number of hydrogen-bond donors (Lipinski definition) is 4. The number of nitrogens with zero attached hydrogens (tertiary/aromatic N) is 2. The number of aliphatic carboxylic acids is 2. The monoisotopic (exact) mass is 726 g/mol. The Morgan fingerprint density at radius 3 is 1.65 bits per heavy atom. The predicted octanol–water partition coefficient (Wildman–Crippen LogP) is 7.46. The molecule has 2 saturated heterocycles. The molecule has 4 atom stereocenters. The second-order valence-electron chi connectivity index (χ2n) is 14.3. The van der Waals surface area contributed by atoms with Gasteiger partial charge < -0.3 is 30.2 Å². The van der Waals surface area contributed by atoms with E-state index in [1.54, 1.807) is 0 Å². The highest BCUT2D eigenvalue weighted by atomic mass is 16.4. The normalized spacial score (nSPS) is 19.1. The fraction of sp³-hybridized carbons (Fsp3) is 0.667. The first-order valence-corrected chi connectivity index (χ1v) is 19.9. The van der Waals surface area contributed by atoms with Gasteiger partial charge in [0.2, 0.25) is 11.8 Å². The Balaban J connectivity index is 0.000000361. The van der Waals surface area contributed by atoms with Gasteiger partial charge in [0.15, 0.2) is 0 Å². The summed E-state index contributed by atoms with van der Waals surface area (Å²) in [5, 5.41) is 37.6. The number of carbonyl (C=O) groups is 4. The van der Waals surface area contributed by atoms with Gasteiger partial charge in [-0.1, -0.05) is 107 Å². The minimum absolute atomic E-state index is 0.0516. The summed E-state index contributed by atoms with van der Waals surface area (Å²) in [6, 6.07) is 10.0. The molecule has 4 N–H and O–H groups in total. The number of amides is 2. The van der Waals surface area contributed by atoms with Crippen LogP contribution >= 0.6 is 0 Å². The highest BCUT2D eigenvalue weighted by molar-refractivity contribution is 5.78. The van der Waals surface area contributed by atoms with E-state index in [-0.39, 0.29) is 36.7 Å². The smallest absolute Gasteiger partial charge is 0.303 e. The van der Waals surface area contributed by atoms with Crippen molar-refractivity contribution >= 4 is 23.8 Å². The molecule has 2 unspecified atom stereocenters. The molecule has 0 aliphatic carbocycles. The molecular formula is C42H66N2O8. The molecule has 2 amide bonds. The number of hydrogen-bond acceptors (Lipinski definition) is 6. The van der Waals surface area contributed by atoms with Gasteiger partial charge in [-0.05, 0) is 63.4 Å². The van der Waals surface area contributed by atoms with Gasteiger partial charge in [-0.3, -0.25) is 19.2 Å². The van der Waals surface area contributed by atoms with Crippen LogP contribution < -0.4 is 0 Å². The Morgan fingerprint density at radius 2 is 1.17 bits per heavy atom. The largest absolute Gasteiger partial charge is 0.481 e. The minimum atomic E-state index is -0.750. The maximum Gasteiger partial charge on any atom is 0.303 e. The van der Waals surface area contributed by atoms with Crippen molar-refractivity contribution in [2.45, 2.75) is 166 Å². The number of carboxylic acid groups (broad SMARTS) is 2. The van der Waals surface area contributed by atoms with Crippen LogP contribution in [0.5, 0.6) is 0 Å². The molecule has 0 aromatic heterocycles. The van der Waals surface area contributed by atoms with Crippen LogP contribution in [0, 0.1) is 0 Å². The van der Waals surface area contributed by atoms with E-state index in [2.05, 4.69) is 6.92 Å². The number of benzene rings is 1. The number of carbonyl (C=O) groups excluding carboxylic acids is 2. The van der Waals surface area contributed by atoms with Crippen LogP contribution in [0.3, 0.4) is 0 Å². The van der Waals surface area contributed by atoms with Gasteiger partial charge in [0.25, 0.3) is 0 Å². The third-order valence-corrected chi connectivity index (χ3v) is 9.80. The molecule has 2 aliphatic rings. The van der Waals surface area contributed by atoms with E-state index in [0.29, 0.717) is 38.6 Å². The van der Waals surface area contributed by atoms with Gasteiger partial charge in [0.05, 0.1) is 24.3 Å². The van der Waals surface area contributed by atoms with Crippen LogP contribution in [-0.4, -0.2) is 91.4 Å². The summed E-state index contributed by atoms with van der Waals surface area (Å²) in [6.45, 7) is 3.58. The molecule has 1 aromatic rings. The van der Waals surface area contributed by atoms with Crippen LogP contribution in [0.25, 0.3) is 0 Å². The van der Waals surface area contributed by atoms with Crippen molar-refractivity contribution in [3.63, 3.8) is 0 Å². The van der Waals surface area contributed by atoms with Crippen LogP contribution in [0.4, 0.5) is 0 Å². The molecule has 10 nitrogen and oxygen atoms in total. The lowest BCUT2D eigenvalue weighted by molar-refractivity contribution is -0.138. The Bertz CT molecular complexity index is 1220. The predicted molar refractivity (Wildman–Crippen MR) is 205 cm³/mol. The van der Waals surface area contributed by atoms with Crippen molar-refractivity contribution in [1.82, 2.24) is 9.80 Å². The van der Waals surface area contributed by atoms with E-state index in [0.717, 1.165) is 102 Å². The van der Waals surface area contributed by atoms with Crippen LogP contribution in [0.2, 0.25) is 0 Å². The third kappa shape index (κ3) is 19.9. The first kappa shape index (κ1) is 44.7. The van der Waals surface area contributed by atoms with Gasteiger partial charge in [0.1, 0.15) is 0 Å². The van der Waals surface area contributed by atoms with E-state index in [1.807, 2.05) is 64.4 Å². The quantitative estimate of drug-likeness (QED) is 0.0632. The van der Waals surface area contributed by atoms with E-state index < -0.39 is 24.1 Å². The second-order valence-corrected chi connectivity index (χ2v) is 14.3. The van der Waals surface area contributed by atoms with Crippen molar-refractivity contribution in [2.75, 3.05) is 13.1 Å². The Morgan fingerprint density at radius 1 is 0.692 bits per heavy atom. The van der Waals surface area contributed by atoms with E-state index >= 15 is 0 Å². The molecule has 0 bridgehead atoms. The molecule has 292 valence electrons.